The highest BCUT2D eigenvalue weighted by Gasteiger charge is 2.16. The van der Waals surface area contributed by atoms with Crippen LogP contribution in [0.1, 0.15) is 24.0 Å². The highest BCUT2D eigenvalue weighted by Crippen LogP contribution is 2.24. The van der Waals surface area contributed by atoms with Crippen molar-refractivity contribution >= 4 is 22.7 Å². The number of rotatable bonds is 3. The van der Waals surface area contributed by atoms with E-state index in [2.05, 4.69) is 58.9 Å². The Labute approximate surface area is 173 Å². The quantitative estimate of drug-likeness (QED) is 0.455. The van der Waals surface area contributed by atoms with Gasteiger partial charge in [0.05, 0.1) is 23.3 Å². The van der Waals surface area contributed by atoms with E-state index in [0.717, 1.165) is 46.7 Å². The molecule has 0 spiro atoms. The van der Waals surface area contributed by atoms with Gasteiger partial charge in [-0.1, -0.05) is 54.6 Å². The number of aryl methyl sites for hydroxylation is 1. The van der Waals surface area contributed by atoms with Gasteiger partial charge in [-0.3, -0.25) is 4.98 Å². The molecule has 0 radical (unpaired) electrons. The molecule has 0 aliphatic heterocycles. The summed E-state index contributed by atoms with van der Waals surface area (Å²) in [6.45, 7) is 0. The van der Waals surface area contributed by atoms with Crippen LogP contribution in [-0.2, 0) is 6.42 Å². The first-order valence-electron chi connectivity index (χ1n) is 9.75. The molecule has 5 heteroatoms. The van der Waals surface area contributed by atoms with Crippen LogP contribution in [0.2, 0.25) is 0 Å². The first kappa shape index (κ1) is 17.8. The van der Waals surface area contributed by atoms with Gasteiger partial charge >= 0.3 is 0 Å². The lowest BCUT2D eigenvalue weighted by Crippen LogP contribution is -2.18. The van der Waals surface area contributed by atoms with E-state index in [1.807, 2.05) is 22.9 Å². The molecule has 0 amide bonds. The third kappa shape index (κ3) is 3.69. The third-order valence-corrected chi connectivity index (χ3v) is 5.85. The minimum atomic E-state index is 0.826. The van der Waals surface area contributed by atoms with Crippen molar-refractivity contribution in [3.63, 3.8) is 0 Å². The van der Waals surface area contributed by atoms with Crippen molar-refractivity contribution in [2.75, 3.05) is 0 Å². The monoisotopic (exact) mass is 396 g/mol. The standard InChI is InChI=1S/C24H20N4S/c1-2-9-19(10-3-1)23-17-29-24(26-20-12-7-15-25-16-20)28(23)27-22-14-6-11-18-8-4-5-13-21(18)22/h1-5,7-10,12-13,15-17H,6,11,14H2. The molecule has 1 aliphatic carbocycles. The molecule has 1 aliphatic rings. The minimum Gasteiger partial charge on any atom is -0.262 e. The predicted molar refractivity (Wildman–Crippen MR) is 119 cm³/mol. The van der Waals surface area contributed by atoms with Crippen molar-refractivity contribution in [3.8, 4) is 11.3 Å². The van der Waals surface area contributed by atoms with E-state index < -0.39 is 0 Å². The van der Waals surface area contributed by atoms with E-state index >= 15 is 0 Å². The summed E-state index contributed by atoms with van der Waals surface area (Å²) in [4.78, 5) is 9.85. The Kier molecular flexibility index (Phi) is 4.88. The van der Waals surface area contributed by atoms with Crippen molar-refractivity contribution in [2.24, 2.45) is 10.1 Å². The molecule has 29 heavy (non-hydrogen) atoms. The van der Waals surface area contributed by atoms with E-state index in [1.54, 1.807) is 23.7 Å². The Balaban J connectivity index is 1.71. The van der Waals surface area contributed by atoms with Crippen LogP contribution in [0.15, 0.2) is 94.6 Å². The van der Waals surface area contributed by atoms with Crippen LogP contribution >= 0.6 is 11.3 Å². The Bertz CT molecular complexity index is 1220. The third-order valence-electron chi connectivity index (χ3n) is 5.03. The molecule has 4 aromatic rings. The largest absolute Gasteiger partial charge is 0.262 e. The van der Waals surface area contributed by atoms with Crippen molar-refractivity contribution in [3.05, 3.63) is 100 Å². The van der Waals surface area contributed by atoms with Crippen LogP contribution in [-0.4, -0.2) is 15.4 Å². The van der Waals surface area contributed by atoms with Crippen LogP contribution in [0, 0.1) is 0 Å². The second-order valence-corrected chi connectivity index (χ2v) is 7.80. The summed E-state index contributed by atoms with van der Waals surface area (Å²) in [7, 11) is 0. The molecule has 2 aromatic carbocycles. The zero-order valence-electron chi connectivity index (χ0n) is 15.9. The van der Waals surface area contributed by atoms with Crippen molar-refractivity contribution in [1.82, 2.24) is 9.66 Å². The van der Waals surface area contributed by atoms with Gasteiger partial charge in [-0.2, -0.15) is 5.10 Å². The fourth-order valence-electron chi connectivity index (χ4n) is 3.64. The van der Waals surface area contributed by atoms with Crippen LogP contribution in [0.25, 0.3) is 11.3 Å². The number of thiazole rings is 1. The normalized spacial score (nSPS) is 15.4. The Morgan fingerprint density at radius 2 is 1.76 bits per heavy atom. The Hall–Kier alpha value is -3.31. The molecule has 0 atom stereocenters. The summed E-state index contributed by atoms with van der Waals surface area (Å²) >= 11 is 1.60. The van der Waals surface area contributed by atoms with Crippen molar-refractivity contribution < 1.29 is 0 Å². The summed E-state index contributed by atoms with van der Waals surface area (Å²) in [5.41, 5.74) is 6.75. The summed E-state index contributed by atoms with van der Waals surface area (Å²) in [5.74, 6) is 0. The minimum absolute atomic E-state index is 0.826. The molecule has 0 saturated carbocycles. The number of aromatic nitrogens is 2. The Morgan fingerprint density at radius 1 is 0.897 bits per heavy atom. The topological polar surface area (TPSA) is 42.5 Å². The number of fused-ring (bicyclic) bond motifs is 1. The number of nitrogens with zero attached hydrogens (tertiary/aromatic N) is 4. The maximum Gasteiger partial charge on any atom is 0.211 e. The van der Waals surface area contributed by atoms with E-state index in [9.17, 15) is 0 Å². The molecule has 0 N–H and O–H groups in total. The van der Waals surface area contributed by atoms with Crippen molar-refractivity contribution in [1.29, 1.82) is 0 Å². The van der Waals surface area contributed by atoms with E-state index in [0.29, 0.717) is 0 Å². The second-order valence-electron chi connectivity index (χ2n) is 6.96. The number of hydrogen-bond donors (Lipinski definition) is 0. The lowest BCUT2D eigenvalue weighted by atomic mass is 9.90. The fraction of sp³-hybridized carbons (Fsp3) is 0.125. The molecule has 2 aromatic heterocycles. The van der Waals surface area contributed by atoms with Gasteiger partial charge in [0.1, 0.15) is 0 Å². The summed E-state index contributed by atoms with van der Waals surface area (Å²) < 4.78 is 1.99. The van der Waals surface area contributed by atoms with Crippen LogP contribution < -0.4 is 4.80 Å². The zero-order valence-corrected chi connectivity index (χ0v) is 16.7. The molecular formula is C24H20N4S. The lowest BCUT2D eigenvalue weighted by Gasteiger charge is -2.18. The fourth-order valence-corrected chi connectivity index (χ4v) is 4.49. The van der Waals surface area contributed by atoms with Gasteiger partial charge < -0.3 is 0 Å². The van der Waals surface area contributed by atoms with Gasteiger partial charge in [-0.05, 0) is 37.0 Å². The van der Waals surface area contributed by atoms with Crippen LogP contribution in [0.5, 0.6) is 0 Å². The molecule has 142 valence electrons. The van der Waals surface area contributed by atoms with E-state index in [1.165, 1.54) is 11.1 Å². The molecule has 0 fully saturated rings. The molecule has 2 heterocycles. The highest BCUT2D eigenvalue weighted by molar-refractivity contribution is 7.07. The average molecular weight is 397 g/mol. The first-order chi connectivity index (χ1) is 14.4. The number of benzene rings is 2. The van der Waals surface area contributed by atoms with Crippen LogP contribution in [0.4, 0.5) is 5.69 Å². The molecule has 0 unspecified atom stereocenters. The van der Waals surface area contributed by atoms with E-state index in [4.69, 9.17) is 10.1 Å². The maximum atomic E-state index is 5.12. The molecule has 4 nitrogen and oxygen atoms in total. The van der Waals surface area contributed by atoms with Crippen molar-refractivity contribution in [2.45, 2.75) is 19.3 Å². The number of hydrogen-bond acceptors (Lipinski definition) is 4. The Morgan fingerprint density at radius 3 is 2.62 bits per heavy atom. The highest BCUT2D eigenvalue weighted by atomic mass is 32.1. The molecular weight excluding hydrogens is 376 g/mol. The molecule has 0 bridgehead atoms. The average Bonchev–Trinajstić information content (AvgIpc) is 3.17. The summed E-state index contributed by atoms with van der Waals surface area (Å²) in [6.07, 6.45) is 6.74. The lowest BCUT2D eigenvalue weighted by molar-refractivity contribution is 0.797. The van der Waals surface area contributed by atoms with Gasteiger partial charge in [0, 0.05) is 22.7 Å². The zero-order chi connectivity index (χ0) is 19.5. The summed E-state index contributed by atoms with van der Waals surface area (Å²) in [5, 5.41) is 7.25. The number of pyridine rings is 1. The SMILES string of the molecule is c1ccc(-c2csc(=Nc3cccnc3)n2N=C2CCCc3ccccc32)cc1. The second kappa shape index (κ2) is 7.97. The first-order valence-corrected chi connectivity index (χ1v) is 10.6. The van der Waals surface area contributed by atoms with Gasteiger partial charge in [0.15, 0.2) is 0 Å². The van der Waals surface area contributed by atoms with E-state index in [-0.39, 0.29) is 0 Å². The predicted octanol–water partition coefficient (Wildman–Crippen LogP) is 5.43. The van der Waals surface area contributed by atoms with Gasteiger partial charge in [-0.15, -0.1) is 11.3 Å². The van der Waals surface area contributed by atoms with Crippen LogP contribution in [0.3, 0.4) is 0 Å². The van der Waals surface area contributed by atoms with Gasteiger partial charge in [0.2, 0.25) is 4.80 Å². The molecule has 0 saturated heterocycles. The van der Waals surface area contributed by atoms with Gasteiger partial charge in [0.25, 0.3) is 0 Å². The maximum absolute atomic E-state index is 5.12. The molecule has 5 rings (SSSR count). The summed E-state index contributed by atoms with van der Waals surface area (Å²) in [6, 6.07) is 22.8. The smallest absolute Gasteiger partial charge is 0.211 e. The van der Waals surface area contributed by atoms with Gasteiger partial charge in [-0.25, -0.2) is 9.67 Å².